The lowest BCUT2D eigenvalue weighted by Gasteiger charge is -2.25. The number of amides is 3. The van der Waals surface area contributed by atoms with Crippen LogP contribution < -0.4 is 36.5 Å². The number of nitrogens with two attached hydrogens (primary N) is 1. The molecule has 0 aromatic heterocycles. The number of nitrogens with one attached hydrogen (secondary N) is 2. The van der Waals surface area contributed by atoms with Crippen LogP contribution in [-0.2, 0) is 25.1 Å². The lowest BCUT2D eigenvalue weighted by Crippen LogP contribution is -2.48. The second-order valence-electron chi connectivity index (χ2n) is 11.5. The molecule has 16 heteroatoms. The van der Waals surface area contributed by atoms with Gasteiger partial charge in [-0.15, -0.1) is 0 Å². The second-order valence-corrected chi connectivity index (χ2v) is 14.6. The fraction of sp³-hybridized carbons (Fsp3) is 0.483. The molecule has 2 aromatic carbocycles. The molecule has 2 atom stereocenters. The first-order valence-electron chi connectivity index (χ1n) is 14.7. The van der Waals surface area contributed by atoms with E-state index in [0.717, 1.165) is 37.8 Å². The fourth-order valence-corrected chi connectivity index (χ4v) is 7.88. The lowest BCUT2D eigenvalue weighted by atomic mass is 9.90. The summed E-state index contributed by atoms with van der Waals surface area (Å²) in [6.07, 6.45) is 6.27. The molecule has 0 saturated heterocycles. The Morgan fingerprint density at radius 2 is 1.67 bits per heavy atom. The van der Waals surface area contributed by atoms with E-state index in [9.17, 15) is 43.1 Å². The van der Waals surface area contributed by atoms with Gasteiger partial charge in [0.2, 0.25) is 11.8 Å². The Hall–Kier alpha value is -3.25. The predicted octanol–water partition coefficient (Wildman–Crippen LogP) is 1.43. The van der Waals surface area contributed by atoms with Crippen LogP contribution in [-0.4, -0.2) is 56.6 Å². The molecule has 45 heavy (non-hydrogen) atoms. The molecule has 3 amide bonds. The molecule has 8 N–H and O–H groups in total. The molecule has 0 bridgehead atoms. The molecule has 246 valence electrons. The summed E-state index contributed by atoms with van der Waals surface area (Å²) in [5.41, 5.74) is 6.49. The zero-order valence-corrected chi connectivity index (χ0v) is 26.6. The van der Waals surface area contributed by atoms with Crippen molar-refractivity contribution in [3.8, 4) is 11.5 Å². The van der Waals surface area contributed by atoms with Crippen molar-refractivity contribution in [2.75, 3.05) is 13.2 Å². The normalized spacial score (nSPS) is 18.1. The van der Waals surface area contributed by atoms with E-state index in [0.29, 0.717) is 49.0 Å². The molecule has 1 fully saturated rings. The van der Waals surface area contributed by atoms with Crippen LogP contribution in [0.4, 0.5) is 0 Å². The summed E-state index contributed by atoms with van der Waals surface area (Å²) >= 11 is 0. The van der Waals surface area contributed by atoms with Gasteiger partial charge in [0.05, 0.1) is 35.4 Å². The van der Waals surface area contributed by atoms with Gasteiger partial charge in [0.25, 0.3) is 5.91 Å². The van der Waals surface area contributed by atoms with E-state index in [2.05, 4.69) is 10.6 Å². The Morgan fingerprint density at radius 3 is 2.29 bits per heavy atom. The molecule has 0 unspecified atom stereocenters. The van der Waals surface area contributed by atoms with Crippen LogP contribution in [0, 0.1) is 5.92 Å². The number of carbonyl (C=O) groups excluding carboxylic acids is 3. The second kappa shape index (κ2) is 14.5. The molecule has 2 aliphatic rings. The van der Waals surface area contributed by atoms with Gasteiger partial charge in [0.15, 0.2) is 0 Å². The minimum Gasteiger partial charge on any atom is -0.493 e. The Kier molecular flexibility index (Phi) is 11.1. The van der Waals surface area contributed by atoms with Crippen LogP contribution in [0.25, 0.3) is 0 Å². The number of primary amides is 1. The van der Waals surface area contributed by atoms with Gasteiger partial charge in [0.1, 0.15) is 17.5 Å². The van der Waals surface area contributed by atoms with Crippen molar-refractivity contribution in [2.24, 2.45) is 11.7 Å². The molecule has 2 aromatic rings. The molecule has 14 nitrogen and oxygen atoms in total. The summed E-state index contributed by atoms with van der Waals surface area (Å²) in [6.45, 7) is 1.97. The molecular formula is C29H39N3O11P2. The zero-order chi connectivity index (χ0) is 32.9. The molecule has 0 radical (unpaired) electrons. The van der Waals surface area contributed by atoms with Gasteiger partial charge in [-0.25, -0.2) is 0 Å². The standard InChI is InChI=1S/C29H39N3O11P2/c1-17(33)31-23(12-19-9-10-26(44(36,37)38)27(13-19)45(39,40)41)29(35)32-22-8-5-11-42-24-15-25(21(28(30)34)14-20(22)24)43-16-18-6-3-2-4-7-18/h9-10,13-15,18,22-23H,2-8,11-12,16H2,1H3,(H2,30,34)(H,31,33)(H,32,35)(H2,36,37,38)(H2,39,40,41)/t22-,23-/m0/s1. The van der Waals surface area contributed by atoms with Gasteiger partial charge >= 0.3 is 15.2 Å². The van der Waals surface area contributed by atoms with Gasteiger partial charge < -0.3 is 45.4 Å². The highest BCUT2D eigenvalue weighted by atomic mass is 31.2. The molecule has 1 aliphatic carbocycles. The van der Waals surface area contributed by atoms with Crippen molar-refractivity contribution in [3.05, 3.63) is 47.0 Å². The van der Waals surface area contributed by atoms with Crippen molar-refractivity contribution in [1.29, 1.82) is 0 Å². The van der Waals surface area contributed by atoms with Crippen molar-refractivity contribution in [2.45, 2.75) is 70.4 Å². The van der Waals surface area contributed by atoms with Crippen LogP contribution >= 0.6 is 15.2 Å². The largest absolute Gasteiger partial charge is 0.493 e. The van der Waals surface area contributed by atoms with Crippen molar-refractivity contribution in [1.82, 2.24) is 10.6 Å². The van der Waals surface area contributed by atoms with E-state index in [1.165, 1.54) is 19.4 Å². The topological polar surface area (TPSA) is 235 Å². The summed E-state index contributed by atoms with van der Waals surface area (Å²) in [6, 6.07) is 4.31. The molecule has 1 aliphatic heterocycles. The van der Waals surface area contributed by atoms with Crippen LogP contribution in [0.3, 0.4) is 0 Å². The van der Waals surface area contributed by atoms with Crippen LogP contribution in [0.5, 0.6) is 11.5 Å². The van der Waals surface area contributed by atoms with E-state index in [-0.39, 0.29) is 17.5 Å². The smallest absolute Gasteiger partial charge is 0.357 e. The Balaban J connectivity index is 1.60. The predicted molar refractivity (Wildman–Crippen MR) is 164 cm³/mol. The highest BCUT2D eigenvalue weighted by Crippen LogP contribution is 2.41. The number of benzene rings is 2. The quantitative estimate of drug-likeness (QED) is 0.169. The van der Waals surface area contributed by atoms with E-state index in [4.69, 9.17) is 15.2 Å². The first-order chi connectivity index (χ1) is 21.1. The summed E-state index contributed by atoms with van der Waals surface area (Å²) in [5, 5.41) is 3.71. The van der Waals surface area contributed by atoms with Crippen LogP contribution in [0.2, 0.25) is 0 Å². The monoisotopic (exact) mass is 667 g/mol. The number of ether oxygens (including phenoxy) is 2. The summed E-state index contributed by atoms with van der Waals surface area (Å²) in [7, 11) is -10.1. The third kappa shape index (κ3) is 9.16. The molecule has 1 saturated carbocycles. The summed E-state index contributed by atoms with van der Waals surface area (Å²) < 4.78 is 35.8. The Labute approximate surface area is 260 Å². The van der Waals surface area contributed by atoms with Crippen LogP contribution in [0.15, 0.2) is 30.3 Å². The third-order valence-corrected chi connectivity index (χ3v) is 10.2. The lowest BCUT2D eigenvalue weighted by molar-refractivity contribution is -0.128. The number of carbonyl (C=O) groups is 3. The molecule has 1 heterocycles. The van der Waals surface area contributed by atoms with Gasteiger partial charge in [0, 0.05) is 25.0 Å². The maximum atomic E-state index is 13.6. The van der Waals surface area contributed by atoms with Crippen LogP contribution in [0.1, 0.15) is 79.4 Å². The average Bonchev–Trinajstić information content (AvgIpc) is 3.15. The van der Waals surface area contributed by atoms with Crippen molar-refractivity contribution < 1.29 is 52.6 Å². The minimum absolute atomic E-state index is 0.139. The Bertz CT molecular complexity index is 1530. The zero-order valence-electron chi connectivity index (χ0n) is 24.8. The van der Waals surface area contributed by atoms with E-state index in [1.54, 1.807) is 12.1 Å². The van der Waals surface area contributed by atoms with Gasteiger partial charge in [-0.1, -0.05) is 25.3 Å². The third-order valence-electron chi connectivity index (χ3n) is 7.96. The van der Waals surface area contributed by atoms with Gasteiger partial charge in [-0.05, 0) is 55.4 Å². The first-order valence-corrected chi connectivity index (χ1v) is 17.9. The van der Waals surface area contributed by atoms with Gasteiger partial charge in [-0.2, -0.15) is 0 Å². The number of hydrogen-bond acceptors (Lipinski definition) is 7. The van der Waals surface area contributed by atoms with Crippen molar-refractivity contribution >= 4 is 43.5 Å². The summed E-state index contributed by atoms with van der Waals surface area (Å²) in [5.74, 6) is -0.814. The van der Waals surface area contributed by atoms with Gasteiger partial charge in [-0.3, -0.25) is 23.5 Å². The average molecular weight is 668 g/mol. The molecule has 4 rings (SSSR count). The SMILES string of the molecule is CC(=O)N[C@@H](Cc1ccc(P(=O)(O)O)c(P(=O)(O)O)c1)C(=O)N[C@H]1CCCOc2cc(OCC3CCCCC3)c(C(N)=O)cc21. The first kappa shape index (κ1) is 34.6. The molecule has 0 spiro atoms. The van der Waals surface area contributed by atoms with E-state index < -0.39 is 55.6 Å². The maximum Gasteiger partial charge on any atom is 0.357 e. The number of hydrogen-bond donors (Lipinski definition) is 7. The van der Waals surface area contributed by atoms with E-state index >= 15 is 0 Å². The highest BCUT2D eigenvalue weighted by molar-refractivity contribution is 7.67. The van der Waals surface area contributed by atoms with Crippen molar-refractivity contribution in [3.63, 3.8) is 0 Å². The minimum atomic E-state index is -5.12. The van der Waals surface area contributed by atoms with E-state index in [1.807, 2.05) is 0 Å². The maximum absolute atomic E-state index is 13.6. The number of rotatable bonds is 11. The fourth-order valence-electron chi connectivity index (χ4n) is 5.76. The molecular weight excluding hydrogens is 628 g/mol. The summed E-state index contributed by atoms with van der Waals surface area (Å²) in [4.78, 5) is 76.6. The Morgan fingerprint density at radius 1 is 0.978 bits per heavy atom. The highest BCUT2D eigenvalue weighted by Gasteiger charge is 2.33. The number of fused-ring (bicyclic) bond motifs is 1.